The SMILES string of the molecule is COC(=O)CC[C@H](NC(=O)c1ccc(CCCc2cc3c(=O)[nH]c(N)nc3[nH]2)s1)C(=O)OC(C)(C)C. The number of nitrogens with two attached hydrogens (primary N) is 1. The van der Waals surface area contributed by atoms with Crippen molar-refractivity contribution in [3.05, 3.63) is 44.0 Å². The number of hydrogen-bond acceptors (Lipinski definition) is 9. The predicted molar refractivity (Wildman–Crippen MR) is 136 cm³/mol. The van der Waals surface area contributed by atoms with Gasteiger partial charge in [-0.05, 0) is 64.7 Å². The summed E-state index contributed by atoms with van der Waals surface area (Å²) >= 11 is 1.33. The molecule has 3 aromatic heterocycles. The molecule has 1 atom stereocenters. The fourth-order valence-electron chi connectivity index (χ4n) is 3.53. The van der Waals surface area contributed by atoms with Gasteiger partial charge in [-0.3, -0.25) is 19.4 Å². The predicted octanol–water partition coefficient (Wildman–Crippen LogP) is 2.46. The molecule has 0 radical (unpaired) electrons. The summed E-state index contributed by atoms with van der Waals surface area (Å²) in [6.07, 6.45) is 2.22. The Bertz CT molecular complexity index is 1300. The zero-order chi connectivity index (χ0) is 26.5. The van der Waals surface area contributed by atoms with Crippen LogP contribution in [0.5, 0.6) is 0 Å². The first kappa shape index (κ1) is 26.9. The van der Waals surface area contributed by atoms with E-state index in [0.29, 0.717) is 22.3 Å². The van der Waals surface area contributed by atoms with E-state index in [1.54, 1.807) is 32.9 Å². The van der Waals surface area contributed by atoms with Gasteiger partial charge in [0.05, 0.1) is 17.4 Å². The second-order valence-electron chi connectivity index (χ2n) is 9.30. The minimum absolute atomic E-state index is 0.0296. The van der Waals surface area contributed by atoms with Gasteiger partial charge in [-0.25, -0.2) is 4.79 Å². The number of esters is 2. The molecule has 0 saturated heterocycles. The highest BCUT2D eigenvalue weighted by Crippen LogP contribution is 2.20. The molecule has 0 spiro atoms. The normalized spacial score (nSPS) is 12.3. The van der Waals surface area contributed by atoms with E-state index in [1.165, 1.54) is 18.4 Å². The lowest BCUT2D eigenvalue weighted by atomic mass is 10.1. The van der Waals surface area contributed by atoms with Gasteiger partial charge in [0.1, 0.15) is 17.3 Å². The number of nitrogen functional groups attached to an aromatic ring is 1. The number of carbonyl (C=O) groups excluding carboxylic acids is 3. The van der Waals surface area contributed by atoms with Gasteiger partial charge in [0.25, 0.3) is 11.5 Å². The summed E-state index contributed by atoms with van der Waals surface area (Å²) in [5, 5.41) is 3.15. The van der Waals surface area contributed by atoms with E-state index in [9.17, 15) is 19.2 Å². The Morgan fingerprint density at radius 1 is 1.19 bits per heavy atom. The Morgan fingerprint density at radius 2 is 1.94 bits per heavy atom. The number of hydrogen-bond donors (Lipinski definition) is 4. The third-order valence-corrected chi connectivity index (χ3v) is 6.33. The molecule has 12 heteroatoms. The van der Waals surface area contributed by atoms with Crippen molar-refractivity contribution in [3.63, 3.8) is 0 Å². The van der Waals surface area contributed by atoms with Crippen LogP contribution in [0, 0.1) is 0 Å². The van der Waals surface area contributed by atoms with E-state index in [0.717, 1.165) is 23.4 Å². The second kappa shape index (κ2) is 11.4. The molecule has 0 fully saturated rings. The number of rotatable bonds is 10. The summed E-state index contributed by atoms with van der Waals surface area (Å²) in [6, 6.07) is 4.36. The summed E-state index contributed by atoms with van der Waals surface area (Å²) in [5.74, 6) is -1.44. The Labute approximate surface area is 211 Å². The molecule has 0 saturated carbocycles. The number of thiophene rings is 1. The minimum atomic E-state index is -0.978. The average molecular weight is 518 g/mol. The van der Waals surface area contributed by atoms with Crippen LogP contribution in [-0.2, 0) is 31.9 Å². The number of H-pyrrole nitrogens is 2. The van der Waals surface area contributed by atoms with Crippen molar-refractivity contribution in [3.8, 4) is 0 Å². The van der Waals surface area contributed by atoms with Crippen LogP contribution in [0.25, 0.3) is 11.0 Å². The highest BCUT2D eigenvalue weighted by Gasteiger charge is 2.28. The van der Waals surface area contributed by atoms with Crippen LogP contribution in [0.4, 0.5) is 5.95 Å². The lowest BCUT2D eigenvalue weighted by Crippen LogP contribution is -2.44. The smallest absolute Gasteiger partial charge is 0.329 e. The van der Waals surface area contributed by atoms with Crippen molar-refractivity contribution >= 4 is 46.2 Å². The first-order valence-corrected chi connectivity index (χ1v) is 12.3. The number of nitrogens with zero attached hydrogens (tertiary/aromatic N) is 1. The van der Waals surface area contributed by atoms with Crippen molar-refractivity contribution in [2.75, 3.05) is 12.8 Å². The Morgan fingerprint density at radius 3 is 2.64 bits per heavy atom. The average Bonchev–Trinajstić information content (AvgIpc) is 3.42. The van der Waals surface area contributed by atoms with Gasteiger partial charge in [-0.15, -0.1) is 11.3 Å². The molecule has 0 bridgehead atoms. The Hall–Kier alpha value is -3.67. The van der Waals surface area contributed by atoms with E-state index in [-0.39, 0.29) is 24.3 Å². The minimum Gasteiger partial charge on any atom is -0.469 e. The summed E-state index contributed by atoms with van der Waals surface area (Å²) in [6.45, 7) is 5.19. The number of aromatic amines is 2. The fourth-order valence-corrected chi connectivity index (χ4v) is 4.48. The van der Waals surface area contributed by atoms with E-state index in [4.69, 9.17) is 10.5 Å². The van der Waals surface area contributed by atoms with Gasteiger partial charge in [0.2, 0.25) is 5.95 Å². The maximum absolute atomic E-state index is 12.8. The maximum atomic E-state index is 12.8. The van der Waals surface area contributed by atoms with Gasteiger partial charge >= 0.3 is 11.9 Å². The van der Waals surface area contributed by atoms with Crippen molar-refractivity contribution in [2.24, 2.45) is 0 Å². The number of fused-ring (bicyclic) bond motifs is 1. The van der Waals surface area contributed by atoms with Gasteiger partial charge in [0, 0.05) is 17.0 Å². The monoisotopic (exact) mass is 517 g/mol. The number of aryl methyl sites for hydroxylation is 2. The van der Waals surface area contributed by atoms with Crippen LogP contribution < -0.4 is 16.6 Å². The molecule has 3 heterocycles. The highest BCUT2D eigenvalue weighted by atomic mass is 32.1. The molecule has 0 aromatic carbocycles. The molecular formula is C24H31N5O6S. The number of ether oxygens (including phenoxy) is 2. The zero-order valence-corrected chi connectivity index (χ0v) is 21.5. The summed E-state index contributed by atoms with van der Waals surface area (Å²) in [5.41, 5.74) is 5.88. The highest BCUT2D eigenvalue weighted by molar-refractivity contribution is 7.14. The maximum Gasteiger partial charge on any atom is 0.329 e. The van der Waals surface area contributed by atoms with E-state index < -0.39 is 29.5 Å². The molecule has 3 rings (SSSR count). The molecule has 11 nitrogen and oxygen atoms in total. The molecule has 3 aromatic rings. The second-order valence-corrected chi connectivity index (χ2v) is 10.5. The first-order chi connectivity index (χ1) is 16.9. The largest absolute Gasteiger partial charge is 0.469 e. The van der Waals surface area contributed by atoms with Gasteiger partial charge in [0.15, 0.2) is 0 Å². The molecule has 0 unspecified atom stereocenters. The number of carbonyl (C=O) groups is 3. The van der Waals surface area contributed by atoms with Crippen LogP contribution in [-0.4, -0.2) is 51.6 Å². The Kier molecular flexibility index (Phi) is 8.51. The fraction of sp³-hybridized carbons (Fsp3) is 0.458. The van der Waals surface area contributed by atoms with Gasteiger partial charge in [-0.1, -0.05) is 0 Å². The summed E-state index contributed by atoms with van der Waals surface area (Å²) < 4.78 is 10.0. The van der Waals surface area contributed by atoms with Crippen LogP contribution in [0.2, 0.25) is 0 Å². The van der Waals surface area contributed by atoms with Crippen molar-refractivity contribution < 1.29 is 23.9 Å². The van der Waals surface area contributed by atoms with Crippen molar-refractivity contribution in [2.45, 2.75) is 64.5 Å². The van der Waals surface area contributed by atoms with Crippen LogP contribution >= 0.6 is 11.3 Å². The van der Waals surface area contributed by atoms with Crippen LogP contribution in [0.3, 0.4) is 0 Å². The molecule has 0 aliphatic heterocycles. The number of anilines is 1. The van der Waals surface area contributed by atoms with Crippen molar-refractivity contribution in [1.82, 2.24) is 20.3 Å². The summed E-state index contributed by atoms with van der Waals surface area (Å²) in [4.78, 5) is 60.1. The number of aromatic nitrogens is 3. The first-order valence-electron chi connectivity index (χ1n) is 11.5. The van der Waals surface area contributed by atoms with Crippen LogP contribution in [0.1, 0.15) is 60.3 Å². The Balaban J connectivity index is 1.58. The molecule has 0 aliphatic rings. The quantitative estimate of drug-likeness (QED) is 0.297. The molecule has 5 N–H and O–H groups in total. The third kappa shape index (κ3) is 7.41. The molecule has 0 aliphatic carbocycles. The van der Waals surface area contributed by atoms with E-state index in [1.807, 2.05) is 6.07 Å². The van der Waals surface area contributed by atoms with E-state index in [2.05, 4.69) is 25.0 Å². The summed E-state index contributed by atoms with van der Waals surface area (Å²) in [7, 11) is 1.27. The lowest BCUT2D eigenvalue weighted by Gasteiger charge is -2.24. The topological polar surface area (TPSA) is 169 Å². The lowest BCUT2D eigenvalue weighted by molar-refractivity contribution is -0.157. The van der Waals surface area contributed by atoms with Gasteiger partial charge < -0.3 is 25.5 Å². The molecular weight excluding hydrogens is 486 g/mol. The number of nitrogens with one attached hydrogen (secondary N) is 3. The van der Waals surface area contributed by atoms with Gasteiger partial charge in [-0.2, -0.15) is 4.98 Å². The van der Waals surface area contributed by atoms with E-state index >= 15 is 0 Å². The number of amides is 1. The zero-order valence-electron chi connectivity index (χ0n) is 20.7. The standard InChI is InChI=1S/C24H31N5O6S/c1-24(2,3)35-22(33)16(9-11-18(30)34-4)27-21(32)17-10-8-14(36-17)7-5-6-13-12-15-19(26-13)28-23(25)29-20(15)31/h8,10,12,16H,5-7,9,11H2,1-4H3,(H,27,32)(H4,25,26,28,29,31)/t16-/m0/s1. The molecule has 36 heavy (non-hydrogen) atoms. The third-order valence-electron chi connectivity index (χ3n) is 5.19. The molecule has 1 amide bonds. The molecule has 194 valence electrons. The van der Waals surface area contributed by atoms with Crippen LogP contribution in [0.15, 0.2) is 23.0 Å². The number of methoxy groups -OCH3 is 1. The van der Waals surface area contributed by atoms with Crippen molar-refractivity contribution in [1.29, 1.82) is 0 Å².